The van der Waals surface area contributed by atoms with Crippen LogP contribution in [0.15, 0.2) is 24.4 Å². The van der Waals surface area contributed by atoms with Gasteiger partial charge in [-0.2, -0.15) is 10.1 Å². The fourth-order valence-corrected chi connectivity index (χ4v) is 4.70. The number of nitrogens with zero attached hydrogens (tertiary/aromatic N) is 5. The van der Waals surface area contributed by atoms with Crippen LogP contribution in [0.1, 0.15) is 62.9 Å². The third-order valence-corrected chi connectivity index (χ3v) is 6.51. The number of nitrogens with one attached hydrogen (secondary N) is 3. The number of ether oxygens (including phenoxy) is 1. The van der Waals surface area contributed by atoms with Crippen molar-refractivity contribution in [3.8, 4) is 5.88 Å². The molecule has 1 fully saturated rings. The van der Waals surface area contributed by atoms with Crippen LogP contribution in [0, 0.1) is 0 Å². The molecule has 10 nitrogen and oxygen atoms in total. The molecule has 0 radical (unpaired) electrons. The average molecular weight is 477 g/mol. The van der Waals surface area contributed by atoms with E-state index in [4.69, 9.17) is 14.7 Å². The summed E-state index contributed by atoms with van der Waals surface area (Å²) >= 11 is 0. The van der Waals surface area contributed by atoms with Crippen molar-refractivity contribution < 1.29 is 9.53 Å². The molecular weight excluding hydrogens is 444 g/mol. The highest BCUT2D eigenvalue weighted by Gasteiger charge is 2.34. The highest BCUT2D eigenvalue weighted by Crippen LogP contribution is 2.33. The van der Waals surface area contributed by atoms with Gasteiger partial charge in [-0.3, -0.25) is 9.89 Å². The van der Waals surface area contributed by atoms with E-state index in [1.807, 2.05) is 17.9 Å². The molecule has 2 aliphatic rings. The molecule has 3 aromatic heterocycles. The molecule has 3 aromatic rings. The second-order valence-corrected chi connectivity index (χ2v) is 9.27. The second kappa shape index (κ2) is 9.89. The summed E-state index contributed by atoms with van der Waals surface area (Å²) in [5.74, 6) is 2.78. The second-order valence-electron chi connectivity index (χ2n) is 9.27. The molecule has 0 unspecified atom stereocenters. The van der Waals surface area contributed by atoms with E-state index in [2.05, 4.69) is 39.7 Å². The topological polar surface area (TPSA) is 121 Å². The molecule has 184 valence electrons. The third kappa shape index (κ3) is 4.78. The fourth-order valence-electron chi connectivity index (χ4n) is 4.70. The molecule has 1 aliphatic carbocycles. The fraction of sp³-hybridized carbons (Fsp3) is 0.480. The molecule has 5 rings (SSSR count). The Labute approximate surface area is 204 Å². The van der Waals surface area contributed by atoms with E-state index >= 15 is 0 Å². The van der Waals surface area contributed by atoms with E-state index in [1.165, 1.54) is 0 Å². The zero-order chi connectivity index (χ0) is 24.4. The quantitative estimate of drug-likeness (QED) is 0.447. The number of fused-ring (bicyclic) bond motifs is 1. The third-order valence-electron chi connectivity index (χ3n) is 6.51. The smallest absolute Gasteiger partial charge is 0.247 e. The van der Waals surface area contributed by atoms with Crippen LogP contribution >= 0.6 is 0 Å². The van der Waals surface area contributed by atoms with Gasteiger partial charge in [0.25, 0.3) is 0 Å². The predicted octanol–water partition coefficient (Wildman–Crippen LogP) is 3.96. The van der Waals surface area contributed by atoms with Crippen molar-refractivity contribution >= 4 is 29.2 Å². The van der Waals surface area contributed by atoms with Crippen molar-refractivity contribution in [3.05, 3.63) is 41.3 Å². The number of rotatable bonds is 8. The number of pyridine rings is 1. The number of aromatic nitrogens is 5. The van der Waals surface area contributed by atoms with E-state index in [0.29, 0.717) is 30.0 Å². The zero-order valence-corrected chi connectivity index (χ0v) is 20.5. The molecule has 1 aliphatic heterocycles. The molecule has 1 atom stereocenters. The van der Waals surface area contributed by atoms with Gasteiger partial charge in [-0.25, -0.2) is 9.97 Å². The Balaban J connectivity index is 1.40. The minimum atomic E-state index is -0.366. The van der Waals surface area contributed by atoms with Crippen molar-refractivity contribution in [2.75, 3.05) is 28.7 Å². The summed E-state index contributed by atoms with van der Waals surface area (Å²) in [7, 11) is 0. The van der Waals surface area contributed by atoms with E-state index in [0.717, 1.165) is 67.2 Å². The number of aryl methyl sites for hydroxylation is 1. The molecule has 4 heterocycles. The molecule has 3 N–H and O–H groups in total. The minimum absolute atomic E-state index is 0.107. The number of anilines is 4. The Morgan fingerprint density at radius 3 is 2.97 bits per heavy atom. The van der Waals surface area contributed by atoms with Crippen LogP contribution in [0.4, 0.5) is 23.3 Å². The number of hydrogen-bond acceptors (Lipinski definition) is 8. The molecule has 1 saturated heterocycles. The Kier molecular flexibility index (Phi) is 6.52. The maximum Gasteiger partial charge on any atom is 0.247 e. The van der Waals surface area contributed by atoms with Gasteiger partial charge in [-0.05, 0) is 57.1 Å². The summed E-state index contributed by atoms with van der Waals surface area (Å²) in [5, 5.41) is 13.9. The zero-order valence-electron chi connectivity index (χ0n) is 20.5. The first-order valence-electron chi connectivity index (χ1n) is 12.4. The lowest BCUT2D eigenvalue weighted by molar-refractivity contribution is -0.117. The Hall–Kier alpha value is -3.69. The van der Waals surface area contributed by atoms with E-state index < -0.39 is 0 Å². The molecule has 0 spiro atoms. The van der Waals surface area contributed by atoms with Crippen molar-refractivity contribution in [3.63, 3.8) is 0 Å². The van der Waals surface area contributed by atoms with Crippen LogP contribution < -0.4 is 20.3 Å². The predicted molar refractivity (Wildman–Crippen MR) is 134 cm³/mol. The molecule has 1 amide bonds. The summed E-state index contributed by atoms with van der Waals surface area (Å²) in [6.45, 7) is 7.34. The van der Waals surface area contributed by atoms with Gasteiger partial charge in [0.2, 0.25) is 17.7 Å². The van der Waals surface area contributed by atoms with Crippen LogP contribution in [-0.2, 0) is 17.6 Å². The van der Waals surface area contributed by atoms with Crippen molar-refractivity contribution in [2.24, 2.45) is 0 Å². The summed E-state index contributed by atoms with van der Waals surface area (Å²) in [5.41, 5.74) is 3.83. The SMILES string of the molecule is CCOc1ncccc1NC(=O)[C@@H]1CCCN1c1nc2c(c(Nc3cc(C(C)C)[nH]n3)n1)CCC2. The molecule has 0 bridgehead atoms. The molecule has 35 heavy (non-hydrogen) atoms. The Morgan fingerprint density at radius 1 is 1.29 bits per heavy atom. The van der Waals surface area contributed by atoms with Crippen LogP contribution in [0.2, 0.25) is 0 Å². The number of hydrogen-bond donors (Lipinski definition) is 3. The maximum absolute atomic E-state index is 13.3. The Bertz CT molecular complexity index is 1210. The monoisotopic (exact) mass is 476 g/mol. The van der Waals surface area contributed by atoms with Crippen molar-refractivity contribution in [2.45, 2.75) is 64.8 Å². The normalized spacial score (nSPS) is 17.0. The summed E-state index contributed by atoms with van der Waals surface area (Å²) < 4.78 is 5.57. The first kappa shape index (κ1) is 23.1. The standard InChI is InChI=1S/C25H32N8O2/c1-4-35-24-18(10-6-12-26-24)27-23(34)20-11-7-13-33(20)25-28-17-9-5-8-16(17)22(30-25)29-21-14-19(15(2)3)31-32-21/h6,10,12,14-15,20H,4-5,7-9,11,13H2,1-3H3,(H,27,34)(H2,28,29,30,31,32)/t20-/m0/s1. The summed E-state index contributed by atoms with van der Waals surface area (Å²) in [6.07, 6.45) is 6.17. The van der Waals surface area contributed by atoms with Crippen molar-refractivity contribution in [1.29, 1.82) is 0 Å². The minimum Gasteiger partial charge on any atom is -0.476 e. The van der Waals surface area contributed by atoms with E-state index in [9.17, 15) is 4.79 Å². The summed E-state index contributed by atoms with van der Waals surface area (Å²) in [4.78, 5) is 29.3. The lowest BCUT2D eigenvalue weighted by atomic mass is 10.1. The molecular formula is C25H32N8O2. The van der Waals surface area contributed by atoms with Gasteiger partial charge < -0.3 is 20.3 Å². The molecule has 0 saturated carbocycles. The number of H-pyrrole nitrogens is 1. The van der Waals surface area contributed by atoms with Gasteiger partial charge >= 0.3 is 0 Å². The highest BCUT2D eigenvalue weighted by molar-refractivity contribution is 5.97. The van der Waals surface area contributed by atoms with Gasteiger partial charge in [-0.15, -0.1) is 0 Å². The van der Waals surface area contributed by atoms with E-state index in [1.54, 1.807) is 18.3 Å². The molecule has 10 heteroatoms. The highest BCUT2D eigenvalue weighted by atomic mass is 16.5. The lowest BCUT2D eigenvalue weighted by Gasteiger charge is -2.25. The molecule has 0 aromatic carbocycles. The lowest BCUT2D eigenvalue weighted by Crippen LogP contribution is -2.41. The largest absolute Gasteiger partial charge is 0.476 e. The van der Waals surface area contributed by atoms with Gasteiger partial charge in [-0.1, -0.05) is 13.8 Å². The number of amides is 1. The van der Waals surface area contributed by atoms with Crippen LogP contribution in [-0.4, -0.2) is 50.2 Å². The van der Waals surface area contributed by atoms with Gasteiger partial charge in [0, 0.05) is 30.1 Å². The van der Waals surface area contributed by atoms with Gasteiger partial charge in [0.15, 0.2) is 5.82 Å². The van der Waals surface area contributed by atoms with E-state index in [-0.39, 0.29) is 11.9 Å². The number of aromatic amines is 1. The number of carbonyl (C=O) groups excluding carboxylic acids is 1. The summed E-state index contributed by atoms with van der Waals surface area (Å²) in [6, 6.07) is 5.24. The van der Waals surface area contributed by atoms with Crippen LogP contribution in [0.3, 0.4) is 0 Å². The van der Waals surface area contributed by atoms with Crippen LogP contribution in [0.5, 0.6) is 5.88 Å². The maximum atomic E-state index is 13.3. The van der Waals surface area contributed by atoms with Gasteiger partial charge in [0.1, 0.15) is 17.5 Å². The van der Waals surface area contributed by atoms with Crippen molar-refractivity contribution in [1.82, 2.24) is 25.1 Å². The first-order valence-corrected chi connectivity index (χ1v) is 12.4. The Morgan fingerprint density at radius 2 is 2.17 bits per heavy atom. The first-order chi connectivity index (χ1) is 17.0. The van der Waals surface area contributed by atoms with Crippen LogP contribution in [0.25, 0.3) is 0 Å². The number of carbonyl (C=O) groups is 1. The van der Waals surface area contributed by atoms with Gasteiger partial charge in [0.05, 0.1) is 12.3 Å². The average Bonchev–Trinajstić information content (AvgIpc) is 3.61.